The first kappa shape index (κ1) is 7.79. The van der Waals surface area contributed by atoms with Gasteiger partial charge in [0.15, 0.2) is 0 Å². The predicted octanol–water partition coefficient (Wildman–Crippen LogP) is 1.64. The van der Waals surface area contributed by atoms with E-state index in [-0.39, 0.29) is 11.3 Å². The molecule has 0 atom stereocenters. The van der Waals surface area contributed by atoms with Crippen molar-refractivity contribution in [2.24, 2.45) is 0 Å². The molecule has 0 aliphatic rings. The van der Waals surface area contributed by atoms with Gasteiger partial charge in [0.2, 0.25) is 5.82 Å². The molecule has 0 radical (unpaired) electrons. The van der Waals surface area contributed by atoms with Gasteiger partial charge >= 0.3 is 5.63 Å². The van der Waals surface area contributed by atoms with Crippen LogP contribution < -0.4 is 5.63 Å². The van der Waals surface area contributed by atoms with Gasteiger partial charge in [0.25, 0.3) is 0 Å². The van der Waals surface area contributed by atoms with Crippen molar-refractivity contribution in [2.45, 2.75) is 0 Å². The zero-order chi connectivity index (χ0) is 9.42. The van der Waals surface area contributed by atoms with E-state index in [2.05, 4.69) is 4.42 Å². The first-order chi connectivity index (χ1) is 6.16. The summed E-state index contributed by atoms with van der Waals surface area (Å²) < 4.78 is 17.3. The molecule has 0 aliphatic carbocycles. The highest BCUT2D eigenvalue weighted by Gasteiger charge is 2.03. The second kappa shape index (κ2) is 2.58. The minimum absolute atomic E-state index is 0.0257. The molecule has 0 saturated heterocycles. The van der Waals surface area contributed by atoms with Gasteiger partial charge in [-0.15, -0.1) is 0 Å². The maximum atomic E-state index is 12.7. The van der Waals surface area contributed by atoms with E-state index in [0.29, 0.717) is 5.39 Å². The van der Waals surface area contributed by atoms with Gasteiger partial charge in [-0.05, 0) is 18.2 Å². The van der Waals surface area contributed by atoms with Crippen molar-refractivity contribution >= 4 is 11.0 Å². The van der Waals surface area contributed by atoms with Gasteiger partial charge in [0, 0.05) is 11.5 Å². The van der Waals surface area contributed by atoms with Gasteiger partial charge in [-0.25, -0.2) is 4.79 Å². The van der Waals surface area contributed by atoms with E-state index < -0.39 is 11.4 Å². The molecule has 13 heavy (non-hydrogen) atoms. The van der Waals surface area contributed by atoms with Crippen molar-refractivity contribution in [3.8, 4) is 5.75 Å². The molecule has 66 valence electrons. The molecule has 0 bridgehead atoms. The minimum Gasteiger partial charge on any atom is -0.508 e. The first-order valence-electron chi connectivity index (χ1n) is 3.59. The Kier molecular flexibility index (Phi) is 1.55. The van der Waals surface area contributed by atoms with Crippen molar-refractivity contribution in [1.29, 1.82) is 0 Å². The number of hydrogen-bond donors (Lipinski definition) is 1. The summed E-state index contributed by atoms with van der Waals surface area (Å²) in [6, 6.07) is 5.19. The van der Waals surface area contributed by atoms with E-state index in [1.165, 1.54) is 18.2 Å². The Morgan fingerprint density at radius 1 is 1.31 bits per heavy atom. The lowest BCUT2D eigenvalue weighted by Gasteiger charge is -1.96. The van der Waals surface area contributed by atoms with Crippen LogP contribution in [0, 0.1) is 5.82 Å². The summed E-state index contributed by atoms with van der Waals surface area (Å²) in [5, 5.41) is 9.47. The summed E-state index contributed by atoms with van der Waals surface area (Å²) in [5.74, 6) is -0.958. The second-order valence-corrected chi connectivity index (χ2v) is 2.60. The summed E-state index contributed by atoms with van der Waals surface area (Å²) in [6.45, 7) is 0. The van der Waals surface area contributed by atoms with Crippen molar-refractivity contribution in [1.82, 2.24) is 0 Å². The number of phenols is 1. The van der Waals surface area contributed by atoms with Crippen LogP contribution in [-0.4, -0.2) is 5.11 Å². The third-order valence-corrected chi connectivity index (χ3v) is 1.68. The van der Waals surface area contributed by atoms with Crippen LogP contribution in [0.2, 0.25) is 0 Å². The van der Waals surface area contributed by atoms with Crippen LogP contribution in [0.25, 0.3) is 11.0 Å². The van der Waals surface area contributed by atoms with E-state index in [9.17, 15) is 9.18 Å². The fraction of sp³-hybridized carbons (Fsp3) is 0. The van der Waals surface area contributed by atoms with Crippen molar-refractivity contribution in [3.63, 3.8) is 0 Å². The van der Waals surface area contributed by atoms with Gasteiger partial charge in [0.05, 0.1) is 0 Å². The van der Waals surface area contributed by atoms with Crippen molar-refractivity contribution < 1.29 is 13.9 Å². The number of rotatable bonds is 0. The molecule has 0 fully saturated rings. The lowest BCUT2D eigenvalue weighted by molar-refractivity contribution is 0.466. The Hall–Kier alpha value is -1.84. The molecule has 4 heteroatoms. The van der Waals surface area contributed by atoms with Crippen LogP contribution in [-0.2, 0) is 0 Å². The maximum Gasteiger partial charge on any atom is 0.372 e. The molecule has 0 aliphatic heterocycles. The molecule has 2 aromatic rings. The van der Waals surface area contributed by atoms with E-state index in [1.807, 2.05) is 0 Å². The van der Waals surface area contributed by atoms with E-state index >= 15 is 0 Å². The number of fused-ring (bicyclic) bond motifs is 1. The van der Waals surface area contributed by atoms with Gasteiger partial charge in [-0.2, -0.15) is 4.39 Å². The number of phenolic OH excluding ortho intramolecular Hbond substituents is 1. The Balaban J connectivity index is 2.89. The lowest BCUT2D eigenvalue weighted by Crippen LogP contribution is -2.02. The lowest BCUT2D eigenvalue weighted by atomic mass is 10.2. The highest BCUT2D eigenvalue weighted by atomic mass is 19.1. The van der Waals surface area contributed by atoms with Crippen LogP contribution >= 0.6 is 0 Å². The van der Waals surface area contributed by atoms with Crippen LogP contribution in [0.5, 0.6) is 5.75 Å². The van der Waals surface area contributed by atoms with Crippen LogP contribution in [0.4, 0.5) is 4.39 Å². The molecule has 1 aromatic carbocycles. The fourth-order valence-electron chi connectivity index (χ4n) is 1.07. The average molecular weight is 180 g/mol. The number of benzene rings is 1. The molecule has 0 amide bonds. The Morgan fingerprint density at radius 3 is 2.85 bits per heavy atom. The van der Waals surface area contributed by atoms with Gasteiger partial charge in [-0.1, -0.05) is 0 Å². The first-order valence-corrected chi connectivity index (χ1v) is 3.59. The normalized spacial score (nSPS) is 10.5. The molecule has 0 saturated carbocycles. The average Bonchev–Trinajstić information content (AvgIpc) is 2.08. The third-order valence-electron chi connectivity index (χ3n) is 1.68. The third kappa shape index (κ3) is 1.26. The molecule has 1 N–H and O–H groups in total. The van der Waals surface area contributed by atoms with Gasteiger partial charge in [0.1, 0.15) is 11.3 Å². The van der Waals surface area contributed by atoms with E-state index in [4.69, 9.17) is 5.11 Å². The monoisotopic (exact) mass is 180 g/mol. The summed E-state index contributed by atoms with van der Waals surface area (Å²) in [7, 11) is 0. The van der Waals surface area contributed by atoms with Crippen molar-refractivity contribution in [2.75, 3.05) is 0 Å². The Bertz CT molecular complexity index is 516. The molecule has 1 aromatic heterocycles. The zero-order valence-electron chi connectivity index (χ0n) is 6.45. The van der Waals surface area contributed by atoms with E-state index in [0.717, 1.165) is 6.07 Å². The largest absolute Gasteiger partial charge is 0.508 e. The highest BCUT2D eigenvalue weighted by molar-refractivity contribution is 5.77. The summed E-state index contributed by atoms with van der Waals surface area (Å²) in [5.41, 5.74) is -0.857. The molecular formula is C9H5FO3. The SMILES string of the molecule is O=c1oc2cc(O)ccc2cc1F. The summed E-state index contributed by atoms with van der Waals surface area (Å²) in [6.07, 6.45) is 0. The summed E-state index contributed by atoms with van der Waals surface area (Å²) >= 11 is 0. The molecule has 1 heterocycles. The number of aromatic hydroxyl groups is 1. The van der Waals surface area contributed by atoms with Crippen LogP contribution in [0.3, 0.4) is 0 Å². The van der Waals surface area contributed by atoms with Gasteiger partial charge < -0.3 is 9.52 Å². The quantitative estimate of drug-likeness (QED) is 0.627. The maximum absolute atomic E-state index is 12.7. The summed E-state index contributed by atoms with van der Waals surface area (Å²) in [4.78, 5) is 10.7. The topological polar surface area (TPSA) is 50.4 Å². The fourth-order valence-corrected chi connectivity index (χ4v) is 1.07. The molecule has 3 nitrogen and oxygen atoms in total. The predicted molar refractivity (Wildman–Crippen MR) is 44.1 cm³/mol. The minimum atomic E-state index is -1.03. The standard InChI is InChI=1S/C9H5FO3/c10-7-3-5-1-2-6(11)4-8(5)13-9(7)12/h1-4,11H. The van der Waals surface area contributed by atoms with Gasteiger partial charge in [-0.3, -0.25) is 0 Å². The Labute approximate surface area is 72.0 Å². The highest BCUT2D eigenvalue weighted by Crippen LogP contribution is 2.18. The second-order valence-electron chi connectivity index (χ2n) is 2.60. The molecule has 2 rings (SSSR count). The molecule has 0 unspecified atom stereocenters. The van der Waals surface area contributed by atoms with Crippen molar-refractivity contribution in [3.05, 3.63) is 40.5 Å². The molecular weight excluding hydrogens is 175 g/mol. The smallest absolute Gasteiger partial charge is 0.372 e. The van der Waals surface area contributed by atoms with Crippen LogP contribution in [0.1, 0.15) is 0 Å². The zero-order valence-corrected chi connectivity index (χ0v) is 6.45. The Morgan fingerprint density at radius 2 is 2.08 bits per heavy atom. The number of hydrogen-bond acceptors (Lipinski definition) is 3. The van der Waals surface area contributed by atoms with E-state index in [1.54, 1.807) is 0 Å². The number of halogens is 1. The van der Waals surface area contributed by atoms with Crippen LogP contribution in [0.15, 0.2) is 33.5 Å². The molecule has 0 spiro atoms.